The summed E-state index contributed by atoms with van der Waals surface area (Å²) in [5.41, 5.74) is 4.78. The molecule has 1 saturated heterocycles. The smallest absolute Gasteiger partial charge is 0.161 e. The van der Waals surface area contributed by atoms with Crippen molar-refractivity contribution in [3.63, 3.8) is 0 Å². The van der Waals surface area contributed by atoms with Crippen molar-refractivity contribution < 1.29 is 4.74 Å². The van der Waals surface area contributed by atoms with E-state index in [0.717, 1.165) is 60.0 Å². The maximum absolute atomic E-state index is 6.15. The highest BCUT2D eigenvalue weighted by Gasteiger charge is 2.18. The van der Waals surface area contributed by atoms with Crippen molar-refractivity contribution in [2.24, 2.45) is 0 Å². The zero-order valence-electron chi connectivity index (χ0n) is 14.4. The Balaban J connectivity index is 1.74. The van der Waals surface area contributed by atoms with Crippen LogP contribution < -0.4 is 5.32 Å². The number of halogens is 1. The lowest BCUT2D eigenvalue weighted by Gasteiger charge is -2.13. The zero-order chi connectivity index (χ0) is 17.4. The molecule has 2 aromatic heterocycles. The molecule has 5 nitrogen and oxygen atoms in total. The second-order valence-corrected chi connectivity index (χ2v) is 6.95. The van der Waals surface area contributed by atoms with Crippen LogP contribution in [0.5, 0.6) is 0 Å². The summed E-state index contributed by atoms with van der Waals surface area (Å²) in [6, 6.07) is 9.79. The van der Waals surface area contributed by atoms with E-state index in [0.29, 0.717) is 5.02 Å². The fraction of sp³-hybridized carbons (Fsp3) is 0.368. The monoisotopic (exact) mass is 356 g/mol. The van der Waals surface area contributed by atoms with Crippen molar-refractivity contribution in [2.75, 3.05) is 18.5 Å². The summed E-state index contributed by atoms with van der Waals surface area (Å²) in [5.74, 6) is 0.939. The first-order valence-electron chi connectivity index (χ1n) is 8.60. The molecule has 1 fully saturated rings. The molecule has 0 unspecified atom stereocenters. The summed E-state index contributed by atoms with van der Waals surface area (Å²) in [5, 5.41) is 8.99. The Hall–Kier alpha value is -2.11. The Labute approximate surface area is 152 Å². The zero-order valence-corrected chi connectivity index (χ0v) is 15.2. The predicted molar refractivity (Wildman–Crippen MR) is 100 cm³/mol. The summed E-state index contributed by atoms with van der Waals surface area (Å²) in [6.45, 7) is 5.69. The van der Waals surface area contributed by atoms with Crippen LogP contribution in [0.1, 0.15) is 24.1 Å². The van der Waals surface area contributed by atoms with Gasteiger partial charge in [0.25, 0.3) is 0 Å². The molecule has 1 aromatic carbocycles. The molecule has 0 saturated carbocycles. The summed E-state index contributed by atoms with van der Waals surface area (Å²) >= 11 is 6.15. The van der Waals surface area contributed by atoms with Gasteiger partial charge in [-0.25, -0.2) is 4.98 Å². The Kier molecular flexibility index (Phi) is 4.36. The summed E-state index contributed by atoms with van der Waals surface area (Å²) in [6.07, 6.45) is 2.51. The van der Waals surface area contributed by atoms with Crippen LogP contribution >= 0.6 is 11.6 Å². The topological polar surface area (TPSA) is 51.5 Å². The molecule has 1 N–H and O–H groups in total. The minimum Gasteiger partial charge on any atom is -0.376 e. The maximum Gasteiger partial charge on any atom is 0.161 e. The van der Waals surface area contributed by atoms with Crippen LogP contribution in [0.3, 0.4) is 0 Å². The second-order valence-electron chi connectivity index (χ2n) is 6.52. The third-order valence-electron chi connectivity index (χ3n) is 4.58. The number of ether oxygens (including phenoxy) is 1. The highest BCUT2D eigenvalue weighted by atomic mass is 35.5. The minimum atomic E-state index is 0.271. The van der Waals surface area contributed by atoms with Crippen LogP contribution in [0.4, 0.5) is 5.82 Å². The first-order valence-corrected chi connectivity index (χ1v) is 8.98. The van der Waals surface area contributed by atoms with Crippen LogP contribution in [0.2, 0.25) is 5.02 Å². The van der Waals surface area contributed by atoms with Crippen molar-refractivity contribution in [1.29, 1.82) is 0 Å². The highest BCUT2D eigenvalue weighted by Crippen LogP contribution is 2.28. The van der Waals surface area contributed by atoms with E-state index in [1.807, 2.05) is 41.8 Å². The normalized spacial score (nSPS) is 17.3. The van der Waals surface area contributed by atoms with E-state index in [1.54, 1.807) is 0 Å². The van der Waals surface area contributed by atoms with Crippen molar-refractivity contribution in [3.8, 4) is 11.3 Å². The molecule has 130 valence electrons. The Bertz CT molecular complexity index is 915. The van der Waals surface area contributed by atoms with Gasteiger partial charge in [-0.15, -0.1) is 0 Å². The van der Waals surface area contributed by atoms with Gasteiger partial charge in [-0.1, -0.05) is 23.7 Å². The van der Waals surface area contributed by atoms with Crippen molar-refractivity contribution in [1.82, 2.24) is 14.6 Å². The summed E-state index contributed by atoms with van der Waals surface area (Å²) in [4.78, 5) is 4.68. The summed E-state index contributed by atoms with van der Waals surface area (Å²) in [7, 11) is 0. The molecular formula is C19H21ClN4O. The average Bonchev–Trinajstić information content (AvgIpc) is 3.21. The average molecular weight is 357 g/mol. The Morgan fingerprint density at radius 2 is 2.20 bits per heavy atom. The van der Waals surface area contributed by atoms with E-state index >= 15 is 0 Å². The van der Waals surface area contributed by atoms with E-state index in [2.05, 4.69) is 17.2 Å². The molecule has 1 aliphatic heterocycles. The molecule has 0 bridgehead atoms. The van der Waals surface area contributed by atoms with Gasteiger partial charge >= 0.3 is 0 Å². The predicted octanol–water partition coefficient (Wildman–Crippen LogP) is 4.26. The number of fused-ring (bicyclic) bond motifs is 1. The number of nitrogens with one attached hydrogen (secondary N) is 1. The van der Waals surface area contributed by atoms with Crippen LogP contribution in [0.15, 0.2) is 30.3 Å². The largest absolute Gasteiger partial charge is 0.376 e. The molecule has 0 radical (unpaired) electrons. The fourth-order valence-electron chi connectivity index (χ4n) is 3.30. The minimum absolute atomic E-state index is 0.271. The molecule has 25 heavy (non-hydrogen) atoms. The number of hydrogen-bond acceptors (Lipinski definition) is 4. The van der Waals surface area contributed by atoms with Crippen molar-refractivity contribution >= 4 is 23.1 Å². The maximum atomic E-state index is 6.15. The van der Waals surface area contributed by atoms with Crippen LogP contribution in [-0.2, 0) is 4.74 Å². The molecule has 0 aliphatic carbocycles. The molecule has 6 heteroatoms. The molecule has 1 aliphatic rings. The molecular weight excluding hydrogens is 336 g/mol. The highest BCUT2D eigenvalue weighted by molar-refractivity contribution is 6.30. The number of benzene rings is 1. The molecule has 4 rings (SSSR count). The van der Waals surface area contributed by atoms with Gasteiger partial charge in [0.2, 0.25) is 0 Å². The van der Waals surface area contributed by atoms with E-state index in [9.17, 15) is 0 Å². The van der Waals surface area contributed by atoms with Gasteiger partial charge in [0.1, 0.15) is 5.82 Å². The third kappa shape index (κ3) is 3.22. The second kappa shape index (κ2) is 6.65. The van der Waals surface area contributed by atoms with E-state index in [-0.39, 0.29) is 6.10 Å². The lowest BCUT2D eigenvalue weighted by Crippen LogP contribution is -2.20. The third-order valence-corrected chi connectivity index (χ3v) is 4.82. The van der Waals surface area contributed by atoms with Gasteiger partial charge in [-0.3, -0.25) is 0 Å². The van der Waals surface area contributed by atoms with E-state index < -0.39 is 0 Å². The van der Waals surface area contributed by atoms with Gasteiger partial charge < -0.3 is 10.1 Å². The molecule has 1 atom stereocenters. The number of aromatic nitrogens is 3. The van der Waals surface area contributed by atoms with Crippen LogP contribution in [0, 0.1) is 13.8 Å². The SMILES string of the molecule is Cc1cc(NC[C@@H]2CCCO2)n2nc(-c3cccc(Cl)c3)c(C)c2n1. The van der Waals surface area contributed by atoms with Crippen molar-refractivity contribution in [3.05, 3.63) is 46.6 Å². The van der Waals surface area contributed by atoms with E-state index in [1.165, 1.54) is 0 Å². The number of hydrogen-bond donors (Lipinski definition) is 1. The fourth-order valence-corrected chi connectivity index (χ4v) is 3.49. The Morgan fingerprint density at radius 1 is 1.32 bits per heavy atom. The first kappa shape index (κ1) is 16.4. The lowest BCUT2D eigenvalue weighted by molar-refractivity contribution is 0.120. The van der Waals surface area contributed by atoms with Gasteiger partial charge in [-0.05, 0) is 38.8 Å². The number of aryl methyl sites for hydroxylation is 2. The molecule has 3 aromatic rings. The Morgan fingerprint density at radius 3 is 2.96 bits per heavy atom. The van der Waals surface area contributed by atoms with Crippen LogP contribution in [-0.4, -0.2) is 33.9 Å². The number of anilines is 1. The van der Waals surface area contributed by atoms with E-state index in [4.69, 9.17) is 21.4 Å². The molecule has 0 amide bonds. The lowest BCUT2D eigenvalue weighted by atomic mass is 10.1. The standard InChI is InChI=1S/C19H21ClN4O/c1-12-9-17(21-11-16-7-4-8-25-16)24-19(22-12)13(2)18(23-24)14-5-3-6-15(20)10-14/h3,5-6,9-10,16,21H,4,7-8,11H2,1-2H3/t16-/m0/s1. The van der Waals surface area contributed by atoms with Crippen LogP contribution in [0.25, 0.3) is 16.9 Å². The number of nitrogens with zero attached hydrogens (tertiary/aromatic N) is 3. The quantitative estimate of drug-likeness (QED) is 0.759. The van der Waals surface area contributed by atoms with Gasteiger partial charge in [-0.2, -0.15) is 9.61 Å². The van der Waals surface area contributed by atoms with Gasteiger partial charge in [0, 0.05) is 41.1 Å². The first-order chi connectivity index (χ1) is 12.1. The summed E-state index contributed by atoms with van der Waals surface area (Å²) < 4.78 is 7.59. The molecule has 0 spiro atoms. The molecule has 3 heterocycles. The van der Waals surface area contributed by atoms with Gasteiger partial charge in [0.15, 0.2) is 5.65 Å². The number of rotatable bonds is 4. The van der Waals surface area contributed by atoms with Crippen molar-refractivity contribution in [2.45, 2.75) is 32.8 Å². The van der Waals surface area contributed by atoms with Gasteiger partial charge in [0.05, 0.1) is 11.8 Å².